The van der Waals surface area contributed by atoms with Gasteiger partial charge in [-0.15, -0.1) is 0 Å². The molecule has 0 spiro atoms. The van der Waals surface area contributed by atoms with Gasteiger partial charge in [-0.05, 0) is 56.6 Å². The Kier molecular flexibility index (Phi) is 7.78. The zero-order valence-electron chi connectivity index (χ0n) is 30.9. The molecule has 0 atom stereocenters. The second kappa shape index (κ2) is 13.6. The highest BCUT2D eigenvalue weighted by Gasteiger charge is 2.19. The Bertz CT molecular complexity index is 3160. The maximum atomic E-state index is 5.19. The standard InChI is InChI=1S/C53H34N4/c1-3-13-35(14-4-1)37-23-27-39(28-24-37)51-54-52(40-29-25-38(26-30-40)36-15-5-2-6-16-36)56-53(55-51)42-31-32-47-46-21-11-12-22-48(46)57(50(47)34-42)49-33-41-17-7-8-18-43(41)44-19-9-10-20-45(44)49/h1-34H. The molecule has 0 N–H and O–H groups in total. The fourth-order valence-corrected chi connectivity index (χ4v) is 8.24. The number of rotatable bonds is 6. The van der Waals surface area contributed by atoms with Gasteiger partial charge in [0.25, 0.3) is 0 Å². The molecule has 0 saturated heterocycles. The average molecular weight is 727 g/mol. The van der Waals surface area contributed by atoms with Gasteiger partial charge in [0.2, 0.25) is 0 Å². The van der Waals surface area contributed by atoms with Crippen molar-refractivity contribution in [3.05, 3.63) is 206 Å². The third-order valence-electron chi connectivity index (χ3n) is 11.1. The van der Waals surface area contributed by atoms with Crippen LogP contribution >= 0.6 is 0 Å². The minimum atomic E-state index is 0.622. The van der Waals surface area contributed by atoms with Crippen molar-refractivity contribution < 1.29 is 0 Å². The van der Waals surface area contributed by atoms with Crippen molar-refractivity contribution in [3.8, 4) is 62.1 Å². The molecular weight excluding hydrogens is 693 g/mol. The van der Waals surface area contributed by atoms with Crippen molar-refractivity contribution in [2.75, 3.05) is 0 Å². The first-order valence-electron chi connectivity index (χ1n) is 19.3. The molecule has 4 nitrogen and oxygen atoms in total. The third kappa shape index (κ3) is 5.74. The van der Waals surface area contributed by atoms with Crippen LogP contribution in [0.15, 0.2) is 206 Å². The molecule has 0 saturated carbocycles. The average Bonchev–Trinajstić information content (AvgIpc) is 3.63. The molecule has 9 aromatic carbocycles. The lowest BCUT2D eigenvalue weighted by molar-refractivity contribution is 1.07. The van der Waals surface area contributed by atoms with Gasteiger partial charge in [-0.3, -0.25) is 0 Å². The second-order valence-corrected chi connectivity index (χ2v) is 14.4. The smallest absolute Gasteiger partial charge is 0.164 e. The fraction of sp³-hybridized carbons (Fsp3) is 0. The molecule has 0 aliphatic rings. The highest BCUT2D eigenvalue weighted by molar-refractivity contribution is 6.15. The van der Waals surface area contributed by atoms with Gasteiger partial charge < -0.3 is 4.57 Å². The van der Waals surface area contributed by atoms with Gasteiger partial charge in [-0.25, -0.2) is 15.0 Å². The van der Waals surface area contributed by atoms with E-state index in [9.17, 15) is 0 Å². The van der Waals surface area contributed by atoms with Crippen LogP contribution in [0.1, 0.15) is 0 Å². The molecule has 11 aromatic rings. The van der Waals surface area contributed by atoms with Gasteiger partial charge in [-0.1, -0.05) is 188 Å². The van der Waals surface area contributed by atoms with E-state index in [-0.39, 0.29) is 0 Å². The normalized spacial score (nSPS) is 11.5. The summed E-state index contributed by atoms with van der Waals surface area (Å²) < 4.78 is 2.41. The summed E-state index contributed by atoms with van der Waals surface area (Å²) in [6.07, 6.45) is 0. The predicted octanol–water partition coefficient (Wildman–Crippen LogP) is 13.6. The van der Waals surface area contributed by atoms with E-state index in [0.717, 1.165) is 44.5 Å². The Morgan fingerprint density at radius 3 is 1.30 bits per heavy atom. The molecular formula is C53H34N4. The summed E-state index contributed by atoms with van der Waals surface area (Å²) in [5.74, 6) is 1.88. The van der Waals surface area contributed by atoms with E-state index < -0.39 is 0 Å². The predicted molar refractivity (Wildman–Crippen MR) is 236 cm³/mol. The highest BCUT2D eigenvalue weighted by Crippen LogP contribution is 2.39. The van der Waals surface area contributed by atoms with Crippen LogP contribution in [0.2, 0.25) is 0 Å². The Morgan fingerprint density at radius 2 is 0.684 bits per heavy atom. The zero-order valence-corrected chi connectivity index (χ0v) is 30.9. The van der Waals surface area contributed by atoms with Gasteiger partial charge in [0, 0.05) is 32.8 Å². The molecule has 57 heavy (non-hydrogen) atoms. The Hall–Kier alpha value is -7.69. The van der Waals surface area contributed by atoms with Gasteiger partial charge in [0.1, 0.15) is 0 Å². The molecule has 11 rings (SSSR count). The highest BCUT2D eigenvalue weighted by atomic mass is 15.0. The molecule has 266 valence electrons. The van der Waals surface area contributed by atoms with E-state index in [1.165, 1.54) is 43.4 Å². The van der Waals surface area contributed by atoms with Crippen molar-refractivity contribution in [1.29, 1.82) is 0 Å². The quantitative estimate of drug-likeness (QED) is 0.160. The molecule has 0 aliphatic heterocycles. The van der Waals surface area contributed by atoms with E-state index in [0.29, 0.717) is 17.5 Å². The molecule has 0 unspecified atom stereocenters. The Labute approximate surface area is 330 Å². The SMILES string of the molecule is c1ccc(-c2ccc(-c3nc(-c4ccc(-c5ccccc5)cc4)nc(-c4ccc5c6ccccc6n(-c6cc7ccccc7c7ccccc67)c5c4)n3)cc2)cc1. The van der Waals surface area contributed by atoms with Gasteiger partial charge in [-0.2, -0.15) is 0 Å². The summed E-state index contributed by atoms with van der Waals surface area (Å²) in [6, 6.07) is 72.8. The number of para-hydroxylation sites is 1. The van der Waals surface area contributed by atoms with Crippen LogP contribution in [0, 0.1) is 0 Å². The molecule has 0 radical (unpaired) electrons. The molecule has 0 fully saturated rings. The first kappa shape index (κ1) is 32.7. The van der Waals surface area contributed by atoms with E-state index >= 15 is 0 Å². The maximum Gasteiger partial charge on any atom is 0.164 e. The number of fused-ring (bicyclic) bond motifs is 6. The summed E-state index contributed by atoms with van der Waals surface area (Å²) in [7, 11) is 0. The first-order chi connectivity index (χ1) is 28.2. The summed E-state index contributed by atoms with van der Waals surface area (Å²) in [5, 5.41) is 7.26. The van der Waals surface area contributed by atoms with Gasteiger partial charge in [0.15, 0.2) is 17.5 Å². The van der Waals surface area contributed by atoms with Crippen LogP contribution in [0.5, 0.6) is 0 Å². The number of aromatic nitrogens is 4. The molecule has 0 aliphatic carbocycles. The molecule has 2 aromatic heterocycles. The summed E-state index contributed by atoms with van der Waals surface area (Å²) in [5.41, 5.74) is 10.8. The lowest BCUT2D eigenvalue weighted by Gasteiger charge is -2.15. The molecule has 2 heterocycles. The lowest BCUT2D eigenvalue weighted by Crippen LogP contribution is -2.01. The Morgan fingerprint density at radius 1 is 0.263 bits per heavy atom. The number of hydrogen-bond donors (Lipinski definition) is 0. The van der Waals surface area contributed by atoms with Crippen molar-refractivity contribution in [3.63, 3.8) is 0 Å². The topological polar surface area (TPSA) is 43.6 Å². The summed E-state index contributed by atoms with van der Waals surface area (Å²) >= 11 is 0. The molecule has 4 heteroatoms. The minimum Gasteiger partial charge on any atom is -0.309 e. The third-order valence-corrected chi connectivity index (χ3v) is 11.1. The number of hydrogen-bond acceptors (Lipinski definition) is 3. The van der Waals surface area contributed by atoms with Crippen LogP contribution in [-0.4, -0.2) is 19.5 Å². The van der Waals surface area contributed by atoms with Crippen LogP contribution in [0.4, 0.5) is 0 Å². The summed E-state index contributed by atoms with van der Waals surface area (Å²) in [4.78, 5) is 15.5. The van der Waals surface area contributed by atoms with Crippen molar-refractivity contribution in [2.24, 2.45) is 0 Å². The van der Waals surface area contributed by atoms with Crippen LogP contribution in [0.25, 0.3) is 105 Å². The number of benzene rings is 9. The van der Waals surface area contributed by atoms with Gasteiger partial charge >= 0.3 is 0 Å². The fourth-order valence-electron chi connectivity index (χ4n) is 8.24. The van der Waals surface area contributed by atoms with E-state index in [1.54, 1.807) is 0 Å². The van der Waals surface area contributed by atoms with Gasteiger partial charge in [0.05, 0.1) is 16.7 Å². The maximum absolute atomic E-state index is 5.19. The monoisotopic (exact) mass is 726 g/mol. The van der Waals surface area contributed by atoms with Crippen molar-refractivity contribution in [1.82, 2.24) is 19.5 Å². The Balaban J connectivity index is 1.11. The van der Waals surface area contributed by atoms with Crippen molar-refractivity contribution >= 4 is 43.4 Å². The summed E-state index contributed by atoms with van der Waals surface area (Å²) in [6.45, 7) is 0. The zero-order chi connectivity index (χ0) is 37.7. The first-order valence-corrected chi connectivity index (χ1v) is 19.3. The lowest BCUT2D eigenvalue weighted by atomic mass is 10.00. The van der Waals surface area contributed by atoms with E-state index in [2.05, 4.69) is 199 Å². The number of nitrogens with zero attached hydrogens (tertiary/aromatic N) is 4. The molecule has 0 amide bonds. The molecule has 0 bridgehead atoms. The van der Waals surface area contributed by atoms with Crippen molar-refractivity contribution in [2.45, 2.75) is 0 Å². The van der Waals surface area contributed by atoms with Crippen LogP contribution in [0.3, 0.4) is 0 Å². The van der Waals surface area contributed by atoms with Crippen LogP contribution in [-0.2, 0) is 0 Å². The minimum absolute atomic E-state index is 0.622. The van der Waals surface area contributed by atoms with E-state index in [4.69, 9.17) is 15.0 Å². The van der Waals surface area contributed by atoms with Crippen LogP contribution < -0.4 is 0 Å². The largest absolute Gasteiger partial charge is 0.309 e. The second-order valence-electron chi connectivity index (χ2n) is 14.4. The van der Waals surface area contributed by atoms with E-state index in [1.807, 2.05) is 12.1 Å².